The van der Waals surface area contributed by atoms with Gasteiger partial charge in [-0.15, -0.1) is 0 Å². The third-order valence-electron chi connectivity index (χ3n) is 15.8. The number of ether oxygens (including phenoxy) is 3. The van der Waals surface area contributed by atoms with Crippen LogP contribution in [-0.2, 0) is 28.6 Å². The summed E-state index contributed by atoms with van der Waals surface area (Å²) >= 11 is 0. The summed E-state index contributed by atoms with van der Waals surface area (Å²) in [5.41, 5.74) is 0. The van der Waals surface area contributed by atoms with Crippen molar-refractivity contribution in [1.29, 1.82) is 0 Å². The van der Waals surface area contributed by atoms with Gasteiger partial charge in [0.15, 0.2) is 6.10 Å². The molecule has 0 amide bonds. The van der Waals surface area contributed by atoms with Gasteiger partial charge in [-0.05, 0) is 83.5 Å². The maximum Gasteiger partial charge on any atom is 0.306 e. The molecule has 1 atom stereocenters. The Morgan fingerprint density at radius 2 is 0.487 bits per heavy atom. The zero-order valence-electron chi connectivity index (χ0n) is 53.6. The second-order valence-electron chi connectivity index (χ2n) is 23.8. The van der Waals surface area contributed by atoms with Crippen molar-refractivity contribution in [2.45, 2.75) is 380 Å². The summed E-state index contributed by atoms with van der Waals surface area (Å²) < 4.78 is 16.9. The molecule has 6 nitrogen and oxygen atoms in total. The number of hydrogen-bond acceptors (Lipinski definition) is 6. The molecule has 80 heavy (non-hydrogen) atoms. The lowest BCUT2D eigenvalue weighted by molar-refractivity contribution is -0.167. The Balaban J connectivity index is 4.12. The fourth-order valence-electron chi connectivity index (χ4n) is 10.5. The highest BCUT2D eigenvalue weighted by Gasteiger charge is 2.19. The van der Waals surface area contributed by atoms with Gasteiger partial charge in [0.25, 0.3) is 0 Å². The van der Waals surface area contributed by atoms with Gasteiger partial charge >= 0.3 is 17.9 Å². The largest absolute Gasteiger partial charge is 0.462 e. The molecule has 0 aromatic heterocycles. The first-order valence-corrected chi connectivity index (χ1v) is 35.3. The maximum absolute atomic E-state index is 12.9. The molecule has 0 aliphatic rings. The summed E-state index contributed by atoms with van der Waals surface area (Å²) in [6.45, 7) is 6.53. The number of esters is 3. The predicted molar refractivity (Wildman–Crippen MR) is 348 cm³/mol. The van der Waals surface area contributed by atoms with Crippen LogP contribution in [0, 0.1) is 0 Å². The zero-order chi connectivity index (χ0) is 57.8. The van der Waals surface area contributed by atoms with Gasteiger partial charge in [0.1, 0.15) is 13.2 Å². The topological polar surface area (TPSA) is 78.9 Å². The van der Waals surface area contributed by atoms with Crippen LogP contribution in [0.1, 0.15) is 374 Å². The van der Waals surface area contributed by atoms with E-state index in [1.165, 1.54) is 244 Å². The van der Waals surface area contributed by atoms with Crippen LogP contribution in [0.3, 0.4) is 0 Å². The number of rotatable bonds is 65. The molecule has 0 rings (SSSR count). The van der Waals surface area contributed by atoms with Crippen LogP contribution in [0.5, 0.6) is 0 Å². The van der Waals surface area contributed by atoms with E-state index in [0.29, 0.717) is 19.3 Å². The van der Waals surface area contributed by atoms with Crippen LogP contribution in [0.4, 0.5) is 0 Å². The van der Waals surface area contributed by atoms with Crippen LogP contribution in [0.15, 0.2) is 60.8 Å². The fraction of sp³-hybridized carbons (Fsp3) is 0.824. The van der Waals surface area contributed by atoms with Crippen molar-refractivity contribution in [2.75, 3.05) is 13.2 Å². The van der Waals surface area contributed by atoms with Crippen molar-refractivity contribution in [3.63, 3.8) is 0 Å². The highest BCUT2D eigenvalue weighted by atomic mass is 16.6. The highest BCUT2D eigenvalue weighted by Crippen LogP contribution is 2.18. The van der Waals surface area contributed by atoms with Crippen molar-refractivity contribution in [3.8, 4) is 0 Å². The zero-order valence-corrected chi connectivity index (χ0v) is 53.6. The lowest BCUT2D eigenvalue weighted by Crippen LogP contribution is -2.30. The van der Waals surface area contributed by atoms with Gasteiger partial charge < -0.3 is 14.2 Å². The third-order valence-corrected chi connectivity index (χ3v) is 15.8. The first-order chi connectivity index (χ1) is 39.5. The normalized spacial score (nSPS) is 12.4. The highest BCUT2D eigenvalue weighted by molar-refractivity contribution is 5.71. The molecule has 0 radical (unpaired) electrons. The van der Waals surface area contributed by atoms with E-state index < -0.39 is 6.10 Å². The Kier molecular flexibility index (Phi) is 66.1. The Hall–Kier alpha value is -2.89. The molecule has 0 aliphatic heterocycles. The molecular formula is C74H134O6. The average molecular weight is 1120 g/mol. The molecule has 0 spiro atoms. The minimum absolute atomic E-state index is 0.0905. The number of hydrogen-bond donors (Lipinski definition) is 0. The standard InChI is InChI=1S/C74H134O6/c1-4-7-10-13-16-19-22-25-28-29-30-31-32-33-34-35-36-37-38-39-40-41-42-43-44-45-47-49-52-55-58-61-64-67-73(76)79-70-71(69-78-72(75)66-63-60-57-54-51-48-27-24-21-18-15-12-9-6-3)80-74(77)68-65-62-59-56-53-50-46-26-23-20-17-14-11-8-5-2/h8,11,17,20,24,26-27,46,53,56,71H,4-7,9-10,12-16,18-19,21-23,25,28-45,47-52,54-55,57-70H2,1-3H3/b11-8-,20-17-,27-24-,46-26-,56-53-. The van der Waals surface area contributed by atoms with Gasteiger partial charge in [0.2, 0.25) is 0 Å². The summed E-state index contributed by atoms with van der Waals surface area (Å²) in [6.07, 6.45) is 88.5. The lowest BCUT2D eigenvalue weighted by atomic mass is 10.0. The van der Waals surface area contributed by atoms with E-state index >= 15 is 0 Å². The van der Waals surface area contributed by atoms with Crippen LogP contribution in [0.25, 0.3) is 0 Å². The van der Waals surface area contributed by atoms with Gasteiger partial charge in [-0.2, -0.15) is 0 Å². The summed E-state index contributed by atoms with van der Waals surface area (Å²) in [4.78, 5) is 38.3. The molecule has 466 valence electrons. The smallest absolute Gasteiger partial charge is 0.306 e. The average Bonchev–Trinajstić information content (AvgIpc) is 3.46. The molecule has 0 aromatic rings. The summed E-state index contributed by atoms with van der Waals surface area (Å²) in [6, 6.07) is 0. The second kappa shape index (κ2) is 68.6. The van der Waals surface area contributed by atoms with Gasteiger partial charge in [0.05, 0.1) is 0 Å². The summed E-state index contributed by atoms with van der Waals surface area (Å²) in [5, 5.41) is 0. The van der Waals surface area contributed by atoms with Crippen molar-refractivity contribution in [3.05, 3.63) is 60.8 Å². The number of carbonyl (C=O) groups excluding carboxylic acids is 3. The van der Waals surface area contributed by atoms with Gasteiger partial charge in [-0.1, -0.05) is 332 Å². The van der Waals surface area contributed by atoms with E-state index in [9.17, 15) is 14.4 Å². The molecule has 0 saturated carbocycles. The second-order valence-corrected chi connectivity index (χ2v) is 23.8. The third kappa shape index (κ3) is 65.9. The molecule has 6 heteroatoms. The SMILES string of the molecule is CC/C=C\C/C=C\C/C=C\C/C=C\CCCCC(=O)OC(COC(=O)CCCCCCC/C=C\CCCCCCC)COC(=O)CCCCCCCCCCCCCCCCCCCCCCCCCCCCCCCCCCC. The van der Waals surface area contributed by atoms with Gasteiger partial charge in [-0.3, -0.25) is 14.4 Å². The number of allylic oxidation sites excluding steroid dienone is 10. The molecular weight excluding hydrogens is 985 g/mol. The molecule has 1 unspecified atom stereocenters. The van der Waals surface area contributed by atoms with Crippen LogP contribution in [-0.4, -0.2) is 37.2 Å². The van der Waals surface area contributed by atoms with Crippen molar-refractivity contribution in [2.24, 2.45) is 0 Å². The molecule has 0 bridgehead atoms. The fourth-order valence-corrected chi connectivity index (χ4v) is 10.5. The first-order valence-electron chi connectivity index (χ1n) is 35.3. The number of carbonyl (C=O) groups is 3. The van der Waals surface area contributed by atoms with Gasteiger partial charge in [-0.25, -0.2) is 0 Å². The van der Waals surface area contributed by atoms with E-state index in [-0.39, 0.29) is 37.5 Å². The molecule has 0 saturated heterocycles. The quantitative estimate of drug-likeness (QED) is 0.0261. The van der Waals surface area contributed by atoms with E-state index in [2.05, 4.69) is 81.5 Å². The summed E-state index contributed by atoms with van der Waals surface area (Å²) in [7, 11) is 0. The van der Waals surface area contributed by atoms with Crippen LogP contribution >= 0.6 is 0 Å². The van der Waals surface area contributed by atoms with E-state index in [1.54, 1.807) is 0 Å². The lowest BCUT2D eigenvalue weighted by Gasteiger charge is -2.18. The summed E-state index contributed by atoms with van der Waals surface area (Å²) in [5.74, 6) is -0.923. The van der Waals surface area contributed by atoms with E-state index in [4.69, 9.17) is 14.2 Å². The van der Waals surface area contributed by atoms with E-state index in [1.807, 2.05) is 0 Å². The van der Waals surface area contributed by atoms with Crippen molar-refractivity contribution in [1.82, 2.24) is 0 Å². The minimum atomic E-state index is -0.799. The Bertz CT molecular complexity index is 1430. The van der Waals surface area contributed by atoms with Crippen LogP contribution < -0.4 is 0 Å². The van der Waals surface area contributed by atoms with Crippen LogP contribution in [0.2, 0.25) is 0 Å². The minimum Gasteiger partial charge on any atom is -0.462 e. The number of unbranched alkanes of at least 4 members (excludes halogenated alkanes) is 44. The molecule has 0 aromatic carbocycles. The maximum atomic E-state index is 12.9. The molecule has 0 aliphatic carbocycles. The Morgan fingerprint density at radius 1 is 0.263 bits per heavy atom. The van der Waals surface area contributed by atoms with Crippen molar-refractivity contribution >= 4 is 17.9 Å². The first kappa shape index (κ1) is 77.1. The Morgan fingerprint density at radius 3 is 0.800 bits per heavy atom. The predicted octanol–water partition coefficient (Wildman–Crippen LogP) is 24.3. The molecule has 0 heterocycles. The monoisotopic (exact) mass is 1120 g/mol. The van der Waals surface area contributed by atoms with E-state index in [0.717, 1.165) is 83.5 Å². The molecule has 0 fully saturated rings. The van der Waals surface area contributed by atoms with Crippen molar-refractivity contribution < 1.29 is 28.6 Å². The molecule has 0 N–H and O–H groups in total. The Labute approximate surface area is 498 Å². The van der Waals surface area contributed by atoms with Gasteiger partial charge in [0, 0.05) is 19.3 Å².